The van der Waals surface area contributed by atoms with Crippen molar-refractivity contribution >= 4 is 12.0 Å². The zero-order valence-electron chi connectivity index (χ0n) is 16.5. The average Bonchev–Trinajstić information content (AvgIpc) is 2.73. The summed E-state index contributed by atoms with van der Waals surface area (Å²) in [6.45, 7) is 6.12. The smallest absolute Gasteiger partial charge is 0.319 e. The van der Waals surface area contributed by atoms with E-state index in [1.807, 2.05) is 4.90 Å². The molecule has 0 aromatic heterocycles. The van der Waals surface area contributed by atoms with E-state index in [-0.39, 0.29) is 24.6 Å². The lowest BCUT2D eigenvalue weighted by Gasteiger charge is -2.41. The maximum absolute atomic E-state index is 12.6. The van der Waals surface area contributed by atoms with Crippen LogP contribution in [-0.4, -0.2) is 92.8 Å². The molecule has 3 aliphatic rings. The van der Waals surface area contributed by atoms with Gasteiger partial charge in [-0.05, 0) is 51.6 Å². The minimum atomic E-state index is -0.228. The molecule has 1 aliphatic carbocycles. The maximum atomic E-state index is 12.6. The van der Waals surface area contributed by atoms with Crippen molar-refractivity contribution in [1.82, 2.24) is 25.8 Å². The molecule has 154 valence electrons. The topological polar surface area (TPSA) is 85.9 Å². The molecule has 0 atom stereocenters. The highest BCUT2D eigenvalue weighted by molar-refractivity contribution is 5.74. The Morgan fingerprint density at radius 3 is 2.22 bits per heavy atom. The van der Waals surface area contributed by atoms with E-state index in [1.54, 1.807) is 0 Å². The van der Waals surface area contributed by atoms with Gasteiger partial charge in [0.1, 0.15) is 0 Å². The molecule has 2 heterocycles. The Morgan fingerprint density at radius 1 is 0.963 bits per heavy atom. The molecular weight excluding hydrogens is 346 g/mol. The number of urea groups is 1. The largest absolute Gasteiger partial charge is 0.468 e. The summed E-state index contributed by atoms with van der Waals surface area (Å²) in [6.07, 6.45) is 6.31. The van der Waals surface area contributed by atoms with Gasteiger partial charge < -0.3 is 25.6 Å². The van der Waals surface area contributed by atoms with Crippen LogP contribution < -0.4 is 16.0 Å². The minimum absolute atomic E-state index is 0.0888. The molecule has 27 heavy (non-hydrogen) atoms. The second-order valence-electron chi connectivity index (χ2n) is 7.96. The van der Waals surface area contributed by atoms with E-state index >= 15 is 0 Å². The number of nitrogens with zero attached hydrogens (tertiary/aromatic N) is 2. The van der Waals surface area contributed by atoms with E-state index in [0.29, 0.717) is 12.1 Å². The van der Waals surface area contributed by atoms with Crippen LogP contribution >= 0.6 is 0 Å². The number of hydrogen-bond acceptors (Lipinski definition) is 6. The second-order valence-corrected chi connectivity index (χ2v) is 7.96. The molecule has 1 saturated carbocycles. The molecule has 3 N–H and O–H groups in total. The van der Waals surface area contributed by atoms with Crippen LogP contribution in [0, 0.1) is 0 Å². The van der Waals surface area contributed by atoms with Gasteiger partial charge in [-0.2, -0.15) is 0 Å². The molecule has 3 fully saturated rings. The van der Waals surface area contributed by atoms with Gasteiger partial charge in [0.25, 0.3) is 0 Å². The minimum Gasteiger partial charge on any atom is -0.468 e. The number of hydrogen-bond donors (Lipinski definition) is 3. The van der Waals surface area contributed by atoms with Crippen molar-refractivity contribution in [2.75, 3.05) is 52.9 Å². The second kappa shape index (κ2) is 10.2. The first-order valence-electron chi connectivity index (χ1n) is 10.5. The first kappa shape index (κ1) is 20.4. The fourth-order valence-electron chi connectivity index (χ4n) is 4.47. The van der Waals surface area contributed by atoms with Crippen LogP contribution in [-0.2, 0) is 9.53 Å². The van der Waals surface area contributed by atoms with E-state index in [9.17, 15) is 9.59 Å². The molecule has 2 amide bonds. The third kappa shape index (κ3) is 6.05. The van der Waals surface area contributed by atoms with E-state index in [4.69, 9.17) is 0 Å². The van der Waals surface area contributed by atoms with Crippen LogP contribution in [0.4, 0.5) is 4.79 Å². The van der Waals surface area contributed by atoms with Crippen molar-refractivity contribution in [3.05, 3.63) is 0 Å². The van der Waals surface area contributed by atoms with E-state index < -0.39 is 0 Å². The van der Waals surface area contributed by atoms with Crippen molar-refractivity contribution < 1.29 is 14.3 Å². The molecule has 2 aliphatic heterocycles. The van der Waals surface area contributed by atoms with Crippen molar-refractivity contribution in [2.45, 2.75) is 56.7 Å². The first-order valence-corrected chi connectivity index (χ1v) is 10.5. The first-order chi connectivity index (χ1) is 13.2. The average molecular weight is 382 g/mol. The summed E-state index contributed by atoms with van der Waals surface area (Å²) in [6, 6.07) is 1.36. The molecule has 0 bridgehead atoms. The monoisotopic (exact) mass is 381 g/mol. The van der Waals surface area contributed by atoms with Gasteiger partial charge in [0.2, 0.25) is 0 Å². The standard InChI is InChI=1S/C19H35N5O3/c1-27-18(25)14-21-15-2-4-16(5-3-15)22-19(26)24-12-10-23(11-13-24)17-6-8-20-9-7-17/h15-17,20-21H,2-14H2,1H3,(H,22,26). The van der Waals surface area contributed by atoms with Gasteiger partial charge in [-0.25, -0.2) is 4.79 Å². The Bertz CT molecular complexity index is 482. The van der Waals surface area contributed by atoms with Gasteiger partial charge in [0.15, 0.2) is 0 Å². The lowest BCUT2D eigenvalue weighted by Crippen LogP contribution is -2.57. The molecule has 2 saturated heterocycles. The molecule has 0 aromatic carbocycles. The Kier molecular flexibility index (Phi) is 7.72. The molecule has 8 nitrogen and oxygen atoms in total. The highest BCUT2D eigenvalue weighted by Crippen LogP contribution is 2.19. The van der Waals surface area contributed by atoms with Gasteiger partial charge in [0, 0.05) is 44.3 Å². The number of carbonyl (C=O) groups excluding carboxylic acids is 2. The van der Waals surface area contributed by atoms with Crippen LogP contribution in [0.15, 0.2) is 0 Å². The SMILES string of the molecule is COC(=O)CNC1CCC(NC(=O)N2CCN(C3CCNCC3)CC2)CC1. The number of rotatable bonds is 5. The Labute approximate surface area is 162 Å². The van der Waals surface area contributed by atoms with E-state index in [2.05, 4.69) is 25.6 Å². The summed E-state index contributed by atoms with van der Waals surface area (Å²) in [5.74, 6) is -0.228. The number of nitrogens with one attached hydrogen (secondary N) is 3. The summed E-state index contributed by atoms with van der Waals surface area (Å²) in [7, 11) is 1.41. The summed E-state index contributed by atoms with van der Waals surface area (Å²) in [4.78, 5) is 28.3. The number of esters is 1. The van der Waals surface area contributed by atoms with Crippen LogP contribution in [0.3, 0.4) is 0 Å². The third-order valence-electron chi connectivity index (χ3n) is 6.24. The molecule has 0 aromatic rings. The molecule has 0 radical (unpaired) electrons. The van der Waals surface area contributed by atoms with Crippen molar-refractivity contribution in [2.24, 2.45) is 0 Å². The zero-order chi connectivity index (χ0) is 19.1. The maximum Gasteiger partial charge on any atom is 0.319 e. The molecule has 0 spiro atoms. The third-order valence-corrected chi connectivity index (χ3v) is 6.24. The van der Waals surface area contributed by atoms with E-state index in [1.165, 1.54) is 20.0 Å². The van der Waals surface area contributed by atoms with Crippen molar-refractivity contribution in [3.63, 3.8) is 0 Å². The Balaban J connectivity index is 1.32. The van der Waals surface area contributed by atoms with Crippen LogP contribution in [0.5, 0.6) is 0 Å². The highest BCUT2D eigenvalue weighted by atomic mass is 16.5. The number of ether oxygens (including phenoxy) is 1. The summed E-state index contributed by atoms with van der Waals surface area (Å²) in [5, 5.41) is 9.87. The van der Waals surface area contributed by atoms with E-state index in [0.717, 1.165) is 65.0 Å². The number of amides is 2. The lowest BCUT2D eigenvalue weighted by atomic mass is 9.91. The molecule has 3 rings (SSSR count). The summed E-state index contributed by atoms with van der Waals surface area (Å²) >= 11 is 0. The normalized spacial score (nSPS) is 28.0. The van der Waals surface area contributed by atoms with Crippen molar-refractivity contribution in [1.29, 1.82) is 0 Å². The lowest BCUT2D eigenvalue weighted by molar-refractivity contribution is -0.139. The molecule has 0 unspecified atom stereocenters. The predicted octanol–water partition coefficient (Wildman–Crippen LogP) is 0.139. The van der Waals surface area contributed by atoms with Gasteiger partial charge in [-0.3, -0.25) is 9.69 Å². The number of piperazine rings is 1. The molecular formula is C19H35N5O3. The van der Waals surface area contributed by atoms with Crippen molar-refractivity contribution in [3.8, 4) is 0 Å². The highest BCUT2D eigenvalue weighted by Gasteiger charge is 2.29. The van der Waals surface area contributed by atoms with Gasteiger partial charge in [-0.1, -0.05) is 0 Å². The predicted molar refractivity (Wildman–Crippen MR) is 104 cm³/mol. The van der Waals surface area contributed by atoms with Crippen LogP contribution in [0.1, 0.15) is 38.5 Å². The quantitative estimate of drug-likeness (QED) is 0.588. The van der Waals surface area contributed by atoms with Gasteiger partial charge in [0.05, 0.1) is 13.7 Å². The Morgan fingerprint density at radius 2 is 1.59 bits per heavy atom. The zero-order valence-corrected chi connectivity index (χ0v) is 16.5. The Hall–Kier alpha value is -1.38. The summed E-state index contributed by atoms with van der Waals surface area (Å²) < 4.78 is 4.66. The van der Waals surface area contributed by atoms with Gasteiger partial charge >= 0.3 is 12.0 Å². The number of piperidine rings is 1. The molecule has 8 heteroatoms. The van der Waals surface area contributed by atoms with Crippen LogP contribution in [0.2, 0.25) is 0 Å². The fourth-order valence-corrected chi connectivity index (χ4v) is 4.47. The number of methoxy groups -OCH3 is 1. The van der Waals surface area contributed by atoms with Gasteiger partial charge in [-0.15, -0.1) is 0 Å². The fraction of sp³-hybridized carbons (Fsp3) is 0.895. The summed E-state index contributed by atoms with van der Waals surface area (Å²) in [5.41, 5.74) is 0. The van der Waals surface area contributed by atoms with Crippen LogP contribution in [0.25, 0.3) is 0 Å². The number of carbonyl (C=O) groups is 2.